The van der Waals surface area contributed by atoms with Gasteiger partial charge in [0.1, 0.15) is 17.1 Å². The Labute approximate surface area is 196 Å². The number of ether oxygens (including phenoxy) is 1. The number of aryl methyl sites for hydroxylation is 1. The molecule has 1 aliphatic rings. The normalized spacial score (nSPS) is 18.5. The summed E-state index contributed by atoms with van der Waals surface area (Å²) < 4.78 is 22.8. The van der Waals surface area contributed by atoms with Crippen LogP contribution in [-0.4, -0.2) is 60.8 Å². The number of methoxy groups -OCH3 is 1. The Balaban J connectivity index is 1.50. The summed E-state index contributed by atoms with van der Waals surface area (Å²) in [5.41, 5.74) is 9.05. The first-order valence-corrected chi connectivity index (χ1v) is 11.4. The molecule has 1 fully saturated rings. The summed E-state index contributed by atoms with van der Waals surface area (Å²) >= 11 is 0. The first-order valence-electron chi connectivity index (χ1n) is 11.4. The summed E-state index contributed by atoms with van der Waals surface area (Å²) in [5, 5.41) is 19.7. The van der Waals surface area contributed by atoms with Gasteiger partial charge >= 0.3 is 0 Å². The number of anilines is 2. The smallest absolute Gasteiger partial charge is 0.223 e. The molecule has 0 aliphatic carbocycles. The van der Waals surface area contributed by atoms with E-state index < -0.39 is 11.9 Å². The zero-order chi connectivity index (χ0) is 24.1. The van der Waals surface area contributed by atoms with E-state index in [0.29, 0.717) is 28.1 Å². The van der Waals surface area contributed by atoms with Gasteiger partial charge in [0.05, 0.1) is 36.0 Å². The second kappa shape index (κ2) is 8.39. The zero-order valence-corrected chi connectivity index (χ0v) is 19.7. The van der Waals surface area contributed by atoms with Crippen LogP contribution in [0.3, 0.4) is 0 Å². The summed E-state index contributed by atoms with van der Waals surface area (Å²) in [7, 11) is 1.47. The van der Waals surface area contributed by atoms with Gasteiger partial charge in [0.2, 0.25) is 5.95 Å². The molecule has 0 radical (unpaired) electrons. The second-order valence-electron chi connectivity index (χ2n) is 9.03. The molecule has 0 amide bonds. The molecule has 0 spiro atoms. The number of aromatic nitrogens is 6. The van der Waals surface area contributed by atoms with Crippen molar-refractivity contribution in [3.63, 3.8) is 0 Å². The number of benzene rings is 1. The van der Waals surface area contributed by atoms with Crippen molar-refractivity contribution >= 4 is 28.2 Å². The van der Waals surface area contributed by atoms with Crippen LogP contribution in [0, 0.1) is 12.7 Å². The number of nitrogens with two attached hydrogens (primary N) is 1. The van der Waals surface area contributed by atoms with Gasteiger partial charge < -0.3 is 20.5 Å². The maximum absolute atomic E-state index is 14.2. The number of aliphatic hydroxyl groups is 1. The fraction of sp³-hybridized carbons (Fsp3) is 0.478. The molecule has 11 heteroatoms. The lowest BCUT2D eigenvalue weighted by atomic mass is 9.97. The molecule has 0 bridgehead atoms. The highest BCUT2D eigenvalue weighted by Gasteiger charge is 2.28. The minimum absolute atomic E-state index is 0.0653. The molecule has 4 heterocycles. The van der Waals surface area contributed by atoms with Gasteiger partial charge in [0, 0.05) is 31.3 Å². The molecule has 1 aliphatic heterocycles. The Morgan fingerprint density at radius 1 is 1.24 bits per heavy atom. The monoisotopic (exact) mass is 468 g/mol. The Morgan fingerprint density at radius 2 is 2.03 bits per heavy atom. The molecule has 3 atom stereocenters. The van der Waals surface area contributed by atoms with Crippen LogP contribution in [0.1, 0.15) is 50.2 Å². The predicted octanol–water partition coefficient (Wildman–Crippen LogP) is 2.84. The minimum Gasteiger partial charge on any atom is -0.494 e. The third-order valence-electron chi connectivity index (χ3n) is 6.70. The topological polar surface area (TPSA) is 120 Å². The van der Waals surface area contributed by atoms with Gasteiger partial charge in [-0.15, -0.1) is 5.10 Å². The first kappa shape index (κ1) is 22.3. The second-order valence-corrected chi connectivity index (χ2v) is 9.03. The number of hydrogen-bond acceptors (Lipinski definition) is 8. The van der Waals surface area contributed by atoms with Gasteiger partial charge in [-0.1, -0.05) is 0 Å². The van der Waals surface area contributed by atoms with Crippen LogP contribution >= 0.6 is 0 Å². The van der Waals surface area contributed by atoms with E-state index in [4.69, 9.17) is 15.5 Å². The lowest BCUT2D eigenvalue weighted by Gasteiger charge is -2.32. The number of nitrogens with zero attached hydrogens (tertiary/aromatic N) is 7. The van der Waals surface area contributed by atoms with Crippen molar-refractivity contribution in [1.82, 2.24) is 29.4 Å². The molecular weight excluding hydrogens is 439 g/mol. The summed E-state index contributed by atoms with van der Waals surface area (Å²) in [6.07, 6.45) is 3.39. The number of halogens is 1. The molecular formula is C23H29FN8O2. The van der Waals surface area contributed by atoms with E-state index in [1.165, 1.54) is 23.8 Å². The summed E-state index contributed by atoms with van der Waals surface area (Å²) in [5.74, 6) is 0.747. The van der Waals surface area contributed by atoms with Crippen LogP contribution < -0.4 is 15.4 Å². The number of piperidine rings is 1. The minimum atomic E-state index is -0.499. The highest BCUT2D eigenvalue weighted by Crippen LogP contribution is 2.33. The van der Waals surface area contributed by atoms with E-state index in [2.05, 4.69) is 20.1 Å². The molecule has 0 saturated carbocycles. The largest absolute Gasteiger partial charge is 0.494 e. The van der Waals surface area contributed by atoms with Crippen LogP contribution in [0.2, 0.25) is 0 Å². The maximum atomic E-state index is 14.2. The van der Waals surface area contributed by atoms with E-state index >= 15 is 0 Å². The zero-order valence-electron chi connectivity index (χ0n) is 19.7. The van der Waals surface area contributed by atoms with Crippen molar-refractivity contribution in [1.29, 1.82) is 0 Å². The van der Waals surface area contributed by atoms with Gasteiger partial charge in [0.25, 0.3) is 0 Å². The molecule has 1 aromatic carbocycles. The van der Waals surface area contributed by atoms with Crippen LogP contribution in [0.15, 0.2) is 18.3 Å². The van der Waals surface area contributed by atoms with Crippen molar-refractivity contribution in [2.45, 2.75) is 51.7 Å². The van der Waals surface area contributed by atoms with Crippen LogP contribution in [0.25, 0.3) is 16.6 Å². The maximum Gasteiger partial charge on any atom is 0.223 e. The number of fused-ring (bicyclic) bond motifs is 3. The molecule has 34 heavy (non-hydrogen) atoms. The fourth-order valence-corrected chi connectivity index (χ4v) is 4.63. The number of rotatable bonds is 5. The number of nitrogen functional groups attached to an aromatic ring is 1. The summed E-state index contributed by atoms with van der Waals surface area (Å²) in [6, 6.07) is 2.55. The van der Waals surface area contributed by atoms with E-state index in [1.807, 2.05) is 24.7 Å². The SMILES string of the molecule is COc1cc(F)cc2c1nc(N)n1nc([C@@H]3CCCN(c4cn([C@H](C)[C@@H](C)O)nc4C)C3)nc21. The molecule has 4 aromatic rings. The Bertz CT molecular complexity index is 1360. The molecule has 180 valence electrons. The van der Waals surface area contributed by atoms with Crippen molar-refractivity contribution in [3.05, 3.63) is 35.7 Å². The molecule has 3 N–H and O–H groups in total. The lowest BCUT2D eigenvalue weighted by Crippen LogP contribution is -2.35. The third kappa shape index (κ3) is 3.69. The summed E-state index contributed by atoms with van der Waals surface area (Å²) in [6.45, 7) is 7.30. The molecule has 3 aromatic heterocycles. The highest BCUT2D eigenvalue weighted by molar-refractivity contribution is 5.95. The Morgan fingerprint density at radius 3 is 2.76 bits per heavy atom. The van der Waals surface area contributed by atoms with E-state index in [9.17, 15) is 9.50 Å². The average Bonchev–Trinajstić information content (AvgIpc) is 3.44. The van der Waals surface area contributed by atoms with E-state index in [-0.39, 0.29) is 17.9 Å². The number of hydrogen-bond donors (Lipinski definition) is 2. The van der Waals surface area contributed by atoms with Gasteiger partial charge in [0.15, 0.2) is 11.5 Å². The van der Waals surface area contributed by atoms with Gasteiger partial charge in [-0.25, -0.2) is 14.4 Å². The van der Waals surface area contributed by atoms with Crippen molar-refractivity contribution in [2.24, 2.45) is 0 Å². The molecule has 0 unspecified atom stereocenters. The van der Waals surface area contributed by atoms with Crippen molar-refractivity contribution in [2.75, 3.05) is 30.8 Å². The Hall–Kier alpha value is -3.47. The first-order chi connectivity index (χ1) is 16.3. The van der Waals surface area contributed by atoms with Crippen LogP contribution in [0.5, 0.6) is 5.75 Å². The van der Waals surface area contributed by atoms with Crippen LogP contribution in [0.4, 0.5) is 16.0 Å². The van der Waals surface area contributed by atoms with E-state index in [0.717, 1.165) is 37.3 Å². The standard InChI is InChI=1S/C23H29FN8O2/c1-12-18(11-31(28-12)13(2)14(3)33)30-7-5-6-15(10-30)21-27-22-17-8-16(24)9-19(34-4)20(17)26-23(25)32(22)29-21/h8-9,11,13-15,33H,5-7,10H2,1-4H3,(H2,25,26)/t13-,14-,15-/m1/s1. The molecule has 10 nitrogen and oxygen atoms in total. The van der Waals surface area contributed by atoms with Gasteiger partial charge in [-0.3, -0.25) is 4.68 Å². The summed E-state index contributed by atoms with van der Waals surface area (Å²) in [4.78, 5) is 11.5. The lowest BCUT2D eigenvalue weighted by molar-refractivity contribution is 0.132. The Kier molecular flexibility index (Phi) is 5.51. The van der Waals surface area contributed by atoms with Crippen molar-refractivity contribution < 1.29 is 14.2 Å². The molecule has 1 saturated heterocycles. The third-order valence-corrected chi connectivity index (χ3v) is 6.70. The van der Waals surface area contributed by atoms with Gasteiger partial charge in [-0.05, 0) is 39.7 Å². The fourth-order valence-electron chi connectivity index (χ4n) is 4.63. The predicted molar refractivity (Wildman–Crippen MR) is 127 cm³/mol. The number of aliphatic hydroxyl groups excluding tert-OH is 1. The van der Waals surface area contributed by atoms with Crippen LogP contribution in [-0.2, 0) is 0 Å². The quantitative estimate of drug-likeness (QED) is 0.459. The van der Waals surface area contributed by atoms with Crippen molar-refractivity contribution in [3.8, 4) is 5.75 Å². The highest BCUT2D eigenvalue weighted by atomic mass is 19.1. The molecule has 5 rings (SSSR count). The van der Waals surface area contributed by atoms with Gasteiger partial charge in [-0.2, -0.15) is 9.61 Å². The average molecular weight is 469 g/mol. The van der Waals surface area contributed by atoms with E-state index in [1.54, 1.807) is 6.92 Å².